The molecule has 14 heteroatoms. The number of benzene rings is 2. The van der Waals surface area contributed by atoms with Crippen LogP contribution in [0.2, 0.25) is 5.02 Å². The summed E-state index contributed by atoms with van der Waals surface area (Å²) in [5.74, 6) is -1.54. The number of hydrogen-bond acceptors (Lipinski definition) is 7. The van der Waals surface area contributed by atoms with Gasteiger partial charge in [-0.2, -0.15) is 0 Å². The number of ketones is 1. The molecule has 3 amide bonds. The molecule has 43 heavy (non-hydrogen) atoms. The summed E-state index contributed by atoms with van der Waals surface area (Å²) in [5.41, 5.74) is 2.49. The van der Waals surface area contributed by atoms with E-state index in [4.69, 9.17) is 16.3 Å². The summed E-state index contributed by atoms with van der Waals surface area (Å²) >= 11 is 7.13. The molecule has 2 atom stereocenters. The largest absolute Gasteiger partial charge is 0.420 e. The summed E-state index contributed by atoms with van der Waals surface area (Å²) in [6, 6.07) is 7.93. The molecule has 1 aliphatic heterocycles. The van der Waals surface area contributed by atoms with Gasteiger partial charge in [-0.1, -0.05) is 23.7 Å². The number of carbonyl (C=O) groups excluding carboxylic acids is 4. The van der Waals surface area contributed by atoms with Crippen LogP contribution >= 0.6 is 22.9 Å². The smallest absolute Gasteiger partial charge is 0.410 e. The Bertz CT molecular complexity index is 1710. The van der Waals surface area contributed by atoms with E-state index in [0.717, 1.165) is 4.90 Å². The number of anilines is 1. The fraction of sp³-hybridized carbons (Fsp3) is 0.276. The maximum Gasteiger partial charge on any atom is 0.420 e. The number of halogens is 3. The topological polar surface area (TPSA) is 114 Å². The molecule has 2 aromatic carbocycles. The number of alkyl halides is 1. The van der Waals surface area contributed by atoms with Gasteiger partial charge in [0.15, 0.2) is 5.78 Å². The summed E-state index contributed by atoms with van der Waals surface area (Å²) < 4.78 is 35.8. The maximum absolute atomic E-state index is 14.5. The first kappa shape index (κ1) is 30.1. The zero-order chi connectivity index (χ0) is 30.8. The van der Waals surface area contributed by atoms with Crippen molar-refractivity contribution in [3.63, 3.8) is 0 Å². The molecule has 0 radical (unpaired) electrons. The Labute approximate surface area is 253 Å². The molecule has 1 N–H and O–H groups in total. The molecule has 0 saturated carbocycles. The molecule has 0 aliphatic carbocycles. The lowest BCUT2D eigenvalue weighted by Crippen LogP contribution is -2.46. The first-order chi connectivity index (χ1) is 20.5. The molecular formula is C29H26ClF2N5O5S. The van der Waals surface area contributed by atoms with Gasteiger partial charge in [-0.25, -0.2) is 18.6 Å². The summed E-state index contributed by atoms with van der Waals surface area (Å²) in [6.07, 6.45) is -0.841. The minimum atomic E-state index is -1.43. The van der Waals surface area contributed by atoms with Crippen molar-refractivity contribution < 1.29 is 32.7 Å². The van der Waals surface area contributed by atoms with Crippen molar-refractivity contribution in [3.05, 3.63) is 75.5 Å². The van der Waals surface area contributed by atoms with Crippen molar-refractivity contribution in [1.29, 1.82) is 0 Å². The number of fused-ring (bicyclic) bond motifs is 1. The summed E-state index contributed by atoms with van der Waals surface area (Å²) in [4.78, 5) is 57.9. The SMILES string of the molecule is CC(=O)c1cn(CC(=O)N2C[C@H](F)C[C@H]2C(=O)NCc2cccc(Cl)c2F)c2cc(OC(=O)N(C)c3cscn3)ccc12. The molecule has 1 fully saturated rings. The maximum atomic E-state index is 14.5. The zero-order valence-electron chi connectivity index (χ0n) is 23.1. The van der Waals surface area contributed by atoms with E-state index in [9.17, 15) is 28.0 Å². The van der Waals surface area contributed by atoms with E-state index in [2.05, 4.69) is 10.3 Å². The fourth-order valence-electron chi connectivity index (χ4n) is 4.91. The van der Waals surface area contributed by atoms with Gasteiger partial charge < -0.3 is 19.5 Å². The second kappa shape index (κ2) is 12.5. The molecular weight excluding hydrogens is 604 g/mol. The van der Waals surface area contributed by atoms with Crippen molar-refractivity contribution in [2.45, 2.75) is 38.6 Å². The Morgan fingerprint density at radius 3 is 2.74 bits per heavy atom. The Morgan fingerprint density at radius 2 is 2.02 bits per heavy atom. The molecule has 4 aromatic rings. The van der Waals surface area contributed by atoms with Crippen molar-refractivity contribution in [2.75, 3.05) is 18.5 Å². The van der Waals surface area contributed by atoms with Gasteiger partial charge in [0.25, 0.3) is 0 Å². The number of nitrogens with zero attached hydrogens (tertiary/aromatic N) is 4. The van der Waals surface area contributed by atoms with Gasteiger partial charge in [0.2, 0.25) is 11.8 Å². The Kier molecular flexibility index (Phi) is 8.74. The van der Waals surface area contributed by atoms with Crippen molar-refractivity contribution in [2.24, 2.45) is 0 Å². The van der Waals surface area contributed by atoms with Crippen LogP contribution in [0.4, 0.5) is 19.4 Å². The average molecular weight is 630 g/mol. The van der Waals surface area contributed by atoms with Gasteiger partial charge in [-0.05, 0) is 25.1 Å². The number of nitrogens with one attached hydrogen (secondary N) is 1. The minimum absolute atomic E-state index is 0.0958. The lowest BCUT2D eigenvalue weighted by Gasteiger charge is -2.24. The van der Waals surface area contributed by atoms with Gasteiger partial charge in [0.05, 0.1) is 22.6 Å². The van der Waals surface area contributed by atoms with Crippen LogP contribution < -0.4 is 15.0 Å². The van der Waals surface area contributed by atoms with Crippen LogP contribution in [0.3, 0.4) is 0 Å². The highest BCUT2D eigenvalue weighted by Gasteiger charge is 2.40. The lowest BCUT2D eigenvalue weighted by atomic mass is 10.1. The molecule has 1 aliphatic rings. The quantitative estimate of drug-likeness (QED) is 0.275. The second-order valence-electron chi connectivity index (χ2n) is 10.0. The molecule has 1 saturated heterocycles. The van der Waals surface area contributed by atoms with Crippen LogP contribution in [0.5, 0.6) is 5.75 Å². The highest BCUT2D eigenvalue weighted by molar-refractivity contribution is 7.07. The monoisotopic (exact) mass is 629 g/mol. The van der Waals surface area contributed by atoms with Crippen LogP contribution in [0, 0.1) is 5.82 Å². The molecule has 10 nitrogen and oxygen atoms in total. The summed E-state index contributed by atoms with van der Waals surface area (Å²) in [5, 5.41) is 4.68. The zero-order valence-corrected chi connectivity index (χ0v) is 24.6. The van der Waals surface area contributed by atoms with E-state index in [1.807, 2.05) is 0 Å². The number of ether oxygens (including phenoxy) is 1. The van der Waals surface area contributed by atoms with Gasteiger partial charge in [0.1, 0.15) is 36.1 Å². The minimum Gasteiger partial charge on any atom is -0.410 e. The van der Waals surface area contributed by atoms with E-state index in [-0.39, 0.29) is 48.2 Å². The standard InChI is InChI=1S/C29H26ClF2N5O5S/c1-16(38)21-12-36(23-9-19(6-7-20(21)23)42-29(41)35(2)25-14-43-15-34-25)13-26(39)37-11-18(31)8-24(37)28(40)33-10-17-4-3-5-22(30)27(17)32/h3-7,9,12,14-15,18,24H,8,10-11,13H2,1-2H3,(H,33,40)/t18-,24+/m1/s1. The van der Waals surface area contributed by atoms with Crippen LogP contribution in [0.25, 0.3) is 10.9 Å². The van der Waals surface area contributed by atoms with Crippen LogP contribution in [0.1, 0.15) is 29.3 Å². The van der Waals surface area contributed by atoms with E-state index < -0.39 is 35.9 Å². The van der Waals surface area contributed by atoms with Crippen LogP contribution in [-0.4, -0.2) is 63.9 Å². The molecule has 0 bridgehead atoms. The Hall–Kier alpha value is -4.36. The average Bonchev–Trinajstić information content (AvgIpc) is 3.73. The number of Topliss-reactive ketones (excluding diaryl/α,β-unsaturated/α-hetero) is 1. The predicted molar refractivity (Wildman–Crippen MR) is 157 cm³/mol. The number of carbonyl (C=O) groups is 4. The van der Waals surface area contributed by atoms with Gasteiger partial charge in [-0.15, -0.1) is 11.3 Å². The molecule has 224 valence electrons. The van der Waals surface area contributed by atoms with Crippen LogP contribution in [-0.2, 0) is 22.7 Å². The normalized spacial score (nSPS) is 16.3. The third-order valence-electron chi connectivity index (χ3n) is 7.14. The predicted octanol–water partition coefficient (Wildman–Crippen LogP) is 4.98. The highest BCUT2D eigenvalue weighted by atomic mass is 35.5. The molecule has 3 heterocycles. The fourth-order valence-corrected chi connectivity index (χ4v) is 5.68. The van der Waals surface area contributed by atoms with Crippen molar-refractivity contribution >= 4 is 63.3 Å². The van der Waals surface area contributed by atoms with E-state index in [1.54, 1.807) is 17.0 Å². The summed E-state index contributed by atoms with van der Waals surface area (Å²) in [7, 11) is 1.51. The van der Waals surface area contributed by atoms with E-state index in [1.165, 1.54) is 71.3 Å². The third-order valence-corrected chi connectivity index (χ3v) is 8.00. The molecule has 0 spiro atoms. The molecule has 2 aromatic heterocycles. The van der Waals surface area contributed by atoms with Crippen molar-refractivity contribution in [3.8, 4) is 5.75 Å². The number of likely N-dealkylation sites (tertiary alicyclic amines) is 1. The number of amides is 3. The van der Waals surface area contributed by atoms with Crippen LogP contribution in [0.15, 0.2) is 53.5 Å². The molecule has 0 unspecified atom stereocenters. The molecule has 5 rings (SSSR count). The van der Waals surface area contributed by atoms with Crippen molar-refractivity contribution in [1.82, 2.24) is 19.8 Å². The number of thiazole rings is 1. The first-order valence-electron chi connectivity index (χ1n) is 13.1. The van der Waals surface area contributed by atoms with Gasteiger partial charge >= 0.3 is 6.09 Å². The highest BCUT2D eigenvalue weighted by Crippen LogP contribution is 2.29. The van der Waals surface area contributed by atoms with E-state index in [0.29, 0.717) is 22.3 Å². The summed E-state index contributed by atoms with van der Waals surface area (Å²) in [6.45, 7) is 0.575. The third kappa shape index (κ3) is 6.37. The second-order valence-corrected chi connectivity index (χ2v) is 11.1. The number of rotatable bonds is 8. The Balaban J connectivity index is 1.34. The lowest BCUT2D eigenvalue weighted by molar-refractivity contribution is -0.139. The number of aromatic nitrogens is 2. The first-order valence-corrected chi connectivity index (χ1v) is 14.5. The number of hydrogen-bond donors (Lipinski definition) is 1. The van der Waals surface area contributed by atoms with E-state index >= 15 is 0 Å². The van der Waals surface area contributed by atoms with Gasteiger partial charge in [-0.3, -0.25) is 19.3 Å². The van der Waals surface area contributed by atoms with Gasteiger partial charge in [0, 0.05) is 54.2 Å². The Morgan fingerprint density at radius 1 is 1.23 bits per heavy atom.